The first-order valence-electron chi connectivity index (χ1n) is 10.0. The molecule has 1 aromatic carbocycles. The zero-order valence-corrected chi connectivity index (χ0v) is 16.1. The Bertz CT molecular complexity index is 664. The van der Waals surface area contributed by atoms with Crippen LogP contribution in [0.4, 0.5) is 5.69 Å². The minimum absolute atomic E-state index is 0.00476. The molecule has 2 saturated carbocycles. The zero-order chi connectivity index (χ0) is 19.2. The van der Waals surface area contributed by atoms with Gasteiger partial charge in [0.2, 0.25) is 0 Å². The molecule has 3 rings (SSSR count). The summed E-state index contributed by atoms with van der Waals surface area (Å²) in [4.78, 5) is 26.6. The molecule has 0 saturated heterocycles. The van der Waals surface area contributed by atoms with Gasteiger partial charge in [-0.1, -0.05) is 19.3 Å². The predicted octanol–water partition coefficient (Wildman–Crippen LogP) is 3.54. The van der Waals surface area contributed by atoms with Crippen molar-refractivity contribution in [2.45, 2.75) is 69.9 Å². The topological polar surface area (TPSA) is 81.9 Å². The van der Waals surface area contributed by atoms with Gasteiger partial charge in [-0.15, -0.1) is 0 Å². The van der Waals surface area contributed by atoms with Crippen LogP contribution in [0.3, 0.4) is 0 Å². The van der Waals surface area contributed by atoms with Crippen LogP contribution in [0.15, 0.2) is 18.2 Å². The van der Waals surface area contributed by atoms with Gasteiger partial charge in [0.25, 0.3) is 5.91 Å². The average molecular weight is 374 g/mol. The molecule has 0 bridgehead atoms. The van der Waals surface area contributed by atoms with Crippen molar-refractivity contribution in [3.8, 4) is 5.75 Å². The lowest BCUT2D eigenvalue weighted by Crippen LogP contribution is -2.40. The van der Waals surface area contributed by atoms with E-state index in [0.717, 1.165) is 38.5 Å². The number of nitrogen functional groups attached to an aromatic ring is 1. The summed E-state index contributed by atoms with van der Waals surface area (Å²) in [6, 6.07) is 5.12. The van der Waals surface area contributed by atoms with Crippen LogP contribution >= 0.6 is 0 Å². The second-order valence-electron chi connectivity index (χ2n) is 7.65. The summed E-state index contributed by atoms with van der Waals surface area (Å²) in [7, 11) is 1.83. The van der Waals surface area contributed by atoms with Crippen LogP contribution in [0.25, 0.3) is 0 Å². The highest BCUT2D eigenvalue weighted by atomic mass is 16.5. The number of anilines is 1. The van der Waals surface area contributed by atoms with Gasteiger partial charge in [-0.3, -0.25) is 4.79 Å². The van der Waals surface area contributed by atoms with Gasteiger partial charge in [0, 0.05) is 13.1 Å². The highest BCUT2D eigenvalue weighted by Crippen LogP contribution is 2.26. The number of carbonyl (C=O) groups is 2. The second kappa shape index (κ2) is 9.11. The zero-order valence-electron chi connectivity index (χ0n) is 16.1. The number of hydrogen-bond acceptors (Lipinski definition) is 5. The number of benzene rings is 1. The lowest BCUT2D eigenvalue weighted by molar-refractivity contribution is -0.134. The number of likely N-dealkylation sites (N-methyl/N-ethyl adjacent to an activating group) is 1. The Morgan fingerprint density at radius 2 is 1.74 bits per heavy atom. The number of amides is 1. The molecule has 2 aliphatic rings. The van der Waals surface area contributed by atoms with Crippen molar-refractivity contribution in [2.75, 3.05) is 19.4 Å². The number of esters is 1. The van der Waals surface area contributed by atoms with Gasteiger partial charge in [-0.2, -0.15) is 0 Å². The Hall–Kier alpha value is -2.24. The minimum Gasteiger partial charge on any atom is -0.482 e. The molecular formula is C21H30N2O4. The Morgan fingerprint density at radius 3 is 2.44 bits per heavy atom. The van der Waals surface area contributed by atoms with E-state index in [2.05, 4.69) is 0 Å². The molecule has 0 spiro atoms. The van der Waals surface area contributed by atoms with Gasteiger partial charge in [0.05, 0.1) is 11.3 Å². The van der Waals surface area contributed by atoms with Crippen molar-refractivity contribution in [2.24, 2.45) is 0 Å². The largest absolute Gasteiger partial charge is 0.482 e. The highest BCUT2D eigenvalue weighted by Gasteiger charge is 2.23. The van der Waals surface area contributed by atoms with Crippen LogP contribution in [0, 0.1) is 0 Å². The molecule has 0 aliphatic heterocycles. The van der Waals surface area contributed by atoms with Crippen molar-refractivity contribution >= 4 is 17.6 Å². The molecule has 6 heteroatoms. The van der Waals surface area contributed by atoms with Crippen molar-refractivity contribution < 1.29 is 19.1 Å². The third-order valence-corrected chi connectivity index (χ3v) is 5.69. The normalized spacial score (nSPS) is 18.3. The van der Waals surface area contributed by atoms with E-state index in [4.69, 9.17) is 15.2 Å². The second-order valence-corrected chi connectivity index (χ2v) is 7.65. The van der Waals surface area contributed by atoms with E-state index in [9.17, 15) is 9.59 Å². The average Bonchev–Trinajstić information content (AvgIpc) is 3.20. The first kappa shape index (κ1) is 19.5. The Kier molecular flexibility index (Phi) is 6.58. The molecule has 0 atom stereocenters. The fourth-order valence-corrected chi connectivity index (χ4v) is 3.93. The fraction of sp³-hybridized carbons (Fsp3) is 0.619. The lowest BCUT2D eigenvalue weighted by Gasteiger charge is -2.31. The van der Waals surface area contributed by atoms with E-state index in [-0.39, 0.29) is 24.6 Å². The number of nitrogens with zero attached hydrogens (tertiary/aromatic N) is 1. The SMILES string of the molecule is CN(C(=O)COc1cc(C(=O)OC2CCCC2)ccc1N)C1CCCCC1. The summed E-state index contributed by atoms with van der Waals surface area (Å²) in [5.41, 5.74) is 6.76. The summed E-state index contributed by atoms with van der Waals surface area (Å²) in [5.74, 6) is -0.0844. The Balaban J connectivity index is 1.57. The number of hydrogen-bond donors (Lipinski definition) is 1. The van der Waals surface area contributed by atoms with E-state index in [0.29, 0.717) is 23.0 Å². The summed E-state index contributed by atoms with van der Waals surface area (Å²) in [6.45, 7) is -0.0850. The quantitative estimate of drug-likeness (QED) is 0.608. The van der Waals surface area contributed by atoms with Gasteiger partial charge in [-0.25, -0.2) is 4.79 Å². The van der Waals surface area contributed by atoms with Crippen molar-refractivity contribution in [1.29, 1.82) is 0 Å². The van der Waals surface area contributed by atoms with E-state index < -0.39 is 0 Å². The summed E-state index contributed by atoms with van der Waals surface area (Å²) >= 11 is 0. The number of carbonyl (C=O) groups excluding carboxylic acids is 2. The van der Waals surface area contributed by atoms with Crippen LogP contribution < -0.4 is 10.5 Å². The van der Waals surface area contributed by atoms with Gasteiger partial charge in [0.1, 0.15) is 11.9 Å². The summed E-state index contributed by atoms with van der Waals surface area (Å²) < 4.78 is 11.2. The highest BCUT2D eigenvalue weighted by molar-refractivity contribution is 5.91. The maximum absolute atomic E-state index is 12.4. The molecule has 1 amide bonds. The van der Waals surface area contributed by atoms with Crippen LogP contribution in [0.2, 0.25) is 0 Å². The Morgan fingerprint density at radius 1 is 1.07 bits per heavy atom. The first-order chi connectivity index (χ1) is 13.0. The van der Waals surface area contributed by atoms with Crippen LogP contribution in [0.5, 0.6) is 5.75 Å². The smallest absolute Gasteiger partial charge is 0.338 e. The number of ether oxygens (including phenoxy) is 2. The van der Waals surface area contributed by atoms with Gasteiger partial charge in [0.15, 0.2) is 6.61 Å². The molecule has 0 aromatic heterocycles. The molecule has 1 aromatic rings. The number of nitrogens with two attached hydrogens (primary N) is 1. The minimum atomic E-state index is -0.364. The van der Waals surface area contributed by atoms with E-state index in [1.165, 1.54) is 19.3 Å². The maximum Gasteiger partial charge on any atom is 0.338 e. The van der Waals surface area contributed by atoms with Gasteiger partial charge >= 0.3 is 5.97 Å². The summed E-state index contributed by atoms with van der Waals surface area (Å²) in [5, 5.41) is 0. The fourth-order valence-electron chi connectivity index (χ4n) is 3.93. The molecular weight excluding hydrogens is 344 g/mol. The first-order valence-corrected chi connectivity index (χ1v) is 10.0. The third-order valence-electron chi connectivity index (χ3n) is 5.69. The van der Waals surface area contributed by atoms with E-state index in [1.807, 2.05) is 7.05 Å². The van der Waals surface area contributed by atoms with Crippen LogP contribution in [-0.4, -0.2) is 42.6 Å². The van der Waals surface area contributed by atoms with Crippen molar-refractivity contribution in [3.63, 3.8) is 0 Å². The van der Waals surface area contributed by atoms with Crippen molar-refractivity contribution in [1.82, 2.24) is 4.90 Å². The molecule has 0 heterocycles. The monoisotopic (exact) mass is 374 g/mol. The maximum atomic E-state index is 12.4. The van der Waals surface area contributed by atoms with E-state index >= 15 is 0 Å². The van der Waals surface area contributed by atoms with Crippen molar-refractivity contribution in [3.05, 3.63) is 23.8 Å². The molecule has 0 unspecified atom stereocenters. The molecule has 148 valence electrons. The molecule has 0 radical (unpaired) electrons. The van der Waals surface area contributed by atoms with E-state index in [1.54, 1.807) is 23.1 Å². The van der Waals surface area contributed by atoms with Gasteiger partial charge in [-0.05, 0) is 56.7 Å². The Labute approximate surface area is 161 Å². The molecule has 2 fully saturated rings. The molecule has 2 aliphatic carbocycles. The van der Waals surface area contributed by atoms with Gasteiger partial charge < -0.3 is 20.1 Å². The summed E-state index contributed by atoms with van der Waals surface area (Å²) in [6.07, 6.45) is 9.73. The molecule has 6 nitrogen and oxygen atoms in total. The third kappa shape index (κ3) is 5.15. The lowest BCUT2D eigenvalue weighted by atomic mass is 9.94. The standard InChI is InChI=1S/C21H30N2O4/c1-23(16-7-3-2-4-8-16)20(24)14-26-19-13-15(11-12-18(19)22)21(25)27-17-9-5-6-10-17/h11-13,16-17H,2-10,14,22H2,1H3. The predicted molar refractivity (Wildman–Crippen MR) is 104 cm³/mol. The van der Waals surface area contributed by atoms with Crippen LogP contribution in [0.1, 0.15) is 68.1 Å². The molecule has 2 N–H and O–H groups in total. The molecule has 27 heavy (non-hydrogen) atoms. The number of rotatable bonds is 6. The van der Waals surface area contributed by atoms with Crippen LogP contribution in [-0.2, 0) is 9.53 Å².